The highest BCUT2D eigenvalue weighted by atomic mass is 19.1. The van der Waals surface area contributed by atoms with Crippen molar-refractivity contribution in [3.8, 4) is 11.5 Å². The fourth-order valence-corrected chi connectivity index (χ4v) is 3.49. The smallest absolute Gasteiger partial charge is 0.180 e. The topological polar surface area (TPSA) is 107 Å². The second-order valence-electron chi connectivity index (χ2n) is 6.81. The van der Waals surface area contributed by atoms with E-state index >= 15 is 0 Å². The lowest BCUT2D eigenvalue weighted by molar-refractivity contribution is 0.344. The number of nitrogen functional groups attached to an aromatic ring is 1. The van der Waals surface area contributed by atoms with Crippen LogP contribution in [0, 0.1) is 11.7 Å². The van der Waals surface area contributed by atoms with E-state index in [4.69, 9.17) is 11.5 Å². The van der Waals surface area contributed by atoms with E-state index in [0.29, 0.717) is 40.6 Å². The maximum absolute atomic E-state index is 13.6. The Morgan fingerprint density at radius 2 is 1.96 bits per heavy atom. The van der Waals surface area contributed by atoms with Crippen molar-refractivity contribution >= 4 is 17.2 Å². The molecule has 0 spiro atoms. The fourth-order valence-electron chi connectivity index (χ4n) is 3.49. The molecule has 3 heterocycles. The Bertz CT molecular complexity index is 915. The molecule has 0 bridgehead atoms. The normalized spacial score (nSPS) is 20.4. The lowest BCUT2D eigenvalue weighted by atomic mass is 9.86. The molecule has 3 aromatic heterocycles. The minimum absolute atomic E-state index is 0.322. The number of fused-ring (bicyclic) bond motifs is 1. The monoisotopic (exact) mass is 355 g/mol. The highest BCUT2D eigenvalue weighted by molar-refractivity contribution is 5.65. The molecule has 8 heteroatoms. The van der Waals surface area contributed by atoms with Crippen LogP contribution in [0.1, 0.15) is 25.7 Å². The molecule has 0 radical (unpaired) electrons. The Morgan fingerprint density at radius 1 is 1.15 bits per heavy atom. The number of rotatable bonds is 4. The number of pyridine rings is 1. The molecule has 1 fully saturated rings. The predicted molar refractivity (Wildman–Crippen MR) is 99.0 cm³/mol. The molecule has 0 aliphatic heterocycles. The molecule has 26 heavy (non-hydrogen) atoms. The standard InChI is InChI=1S/C18H22FN7/c19-12-3-6-16-22-9-15(26(16)10-12)18-23-8-14(21)17(25-18)24-13-4-1-11(7-20)2-5-13/h3,6,8-11,13H,1-2,4-5,7,20-21H2,(H,23,24,25). The van der Waals surface area contributed by atoms with Crippen LogP contribution < -0.4 is 16.8 Å². The van der Waals surface area contributed by atoms with Gasteiger partial charge in [-0.25, -0.2) is 19.3 Å². The summed E-state index contributed by atoms with van der Waals surface area (Å²) in [5.41, 5.74) is 13.6. The van der Waals surface area contributed by atoms with Crippen LogP contribution >= 0.6 is 0 Å². The zero-order chi connectivity index (χ0) is 18.1. The summed E-state index contributed by atoms with van der Waals surface area (Å²) < 4.78 is 15.2. The highest BCUT2D eigenvalue weighted by Crippen LogP contribution is 2.28. The van der Waals surface area contributed by atoms with Crippen LogP contribution in [0.4, 0.5) is 15.9 Å². The summed E-state index contributed by atoms with van der Waals surface area (Å²) in [6.07, 6.45) is 8.89. The predicted octanol–water partition coefficient (Wildman–Crippen LogP) is 2.44. The number of nitrogens with zero attached hydrogens (tertiary/aromatic N) is 4. The van der Waals surface area contributed by atoms with Crippen molar-refractivity contribution in [2.75, 3.05) is 17.6 Å². The van der Waals surface area contributed by atoms with Gasteiger partial charge < -0.3 is 16.8 Å². The van der Waals surface area contributed by atoms with E-state index in [0.717, 1.165) is 32.2 Å². The first-order valence-electron chi connectivity index (χ1n) is 8.86. The van der Waals surface area contributed by atoms with Crippen molar-refractivity contribution in [1.29, 1.82) is 0 Å². The van der Waals surface area contributed by atoms with Gasteiger partial charge in [0.25, 0.3) is 0 Å². The minimum Gasteiger partial charge on any atom is -0.394 e. The van der Waals surface area contributed by atoms with Crippen molar-refractivity contribution < 1.29 is 4.39 Å². The lowest BCUT2D eigenvalue weighted by Gasteiger charge is -2.29. The number of hydrogen-bond acceptors (Lipinski definition) is 6. The first-order valence-corrected chi connectivity index (χ1v) is 8.86. The maximum atomic E-state index is 13.6. The summed E-state index contributed by atoms with van der Waals surface area (Å²) in [6, 6.07) is 3.31. The molecule has 1 saturated carbocycles. The molecule has 0 atom stereocenters. The molecule has 136 valence electrons. The minimum atomic E-state index is -0.345. The van der Waals surface area contributed by atoms with Gasteiger partial charge in [-0.05, 0) is 50.3 Å². The molecular weight excluding hydrogens is 333 g/mol. The third-order valence-electron chi connectivity index (χ3n) is 5.04. The Hall–Kier alpha value is -2.74. The number of nitrogens with two attached hydrogens (primary N) is 2. The molecule has 0 aromatic carbocycles. The summed E-state index contributed by atoms with van der Waals surface area (Å²) in [4.78, 5) is 13.2. The fraction of sp³-hybridized carbons (Fsp3) is 0.389. The lowest BCUT2D eigenvalue weighted by Crippen LogP contribution is -2.29. The molecule has 0 saturated heterocycles. The maximum Gasteiger partial charge on any atom is 0.180 e. The van der Waals surface area contributed by atoms with Crippen LogP contribution in [0.3, 0.4) is 0 Å². The van der Waals surface area contributed by atoms with Gasteiger partial charge in [0.15, 0.2) is 11.6 Å². The number of halogens is 1. The van der Waals surface area contributed by atoms with Crippen molar-refractivity contribution in [1.82, 2.24) is 19.4 Å². The molecule has 1 aliphatic carbocycles. The van der Waals surface area contributed by atoms with E-state index in [-0.39, 0.29) is 5.82 Å². The number of hydrogen-bond donors (Lipinski definition) is 3. The molecule has 5 N–H and O–H groups in total. The highest BCUT2D eigenvalue weighted by Gasteiger charge is 2.21. The van der Waals surface area contributed by atoms with E-state index < -0.39 is 0 Å². The van der Waals surface area contributed by atoms with Crippen LogP contribution in [0.2, 0.25) is 0 Å². The summed E-state index contributed by atoms with van der Waals surface area (Å²) in [6.45, 7) is 0.747. The van der Waals surface area contributed by atoms with Crippen molar-refractivity contribution in [3.63, 3.8) is 0 Å². The van der Waals surface area contributed by atoms with Crippen LogP contribution in [-0.2, 0) is 0 Å². The zero-order valence-corrected chi connectivity index (χ0v) is 14.4. The van der Waals surface area contributed by atoms with E-state index in [2.05, 4.69) is 20.3 Å². The third kappa shape index (κ3) is 3.20. The van der Waals surface area contributed by atoms with Crippen molar-refractivity contribution in [2.24, 2.45) is 11.7 Å². The van der Waals surface area contributed by atoms with Gasteiger partial charge >= 0.3 is 0 Å². The summed E-state index contributed by atoms with van der Waals surface area (Å²) in [7, 11) is 0. The molecule has 4 rings (SSSR count). The van der Waals surface area contributed by atoms with E-state index in [1.54, 1.807) is 22.9 Å². The summed E-state index contributed by atoms with van der Waals surface area (Å²) >= 11 is 0. The Labute approximate surface area is 150 Å². The molecule has 1 aliphatic rings. The molecule has 0 amide bonds. The van der Waals surface area contributed by atoms with E-state index in [1.807, 2.05) is 0 Å². The third-order valence-corrected chi connectivity index (χ3v) is 5.04. The van der Waals surface area contributed by atoms with Gasteiger partial charge in [0.05, 0.1) is 18.1 Å². The first kappa shape index (κ1) is 16.7. The quantitative estimate of drug-likeness (QED) is 0.663. The Morgan fingerprint density at radius 3 is 2.73 bits per heavy atom. The Balaban J connectivity index is 1.61. The van der Waals surface area contributed by atoms with Gasteiger partial charge in [0.1, 0.15) is 17.2 Å². The van der Waals surface area contributed by atoms with Gasteiger partial charge in [-0.3, -0.25) is 4.40 Å². The Kier molecular flexibility index (Phi) is 4.42. The molecular formula is C18H22FN7. The first-order chi connectivity index (χ1) is 12.6. The van der Waals surface area contributed by atoms with Crippen molar-refractivity contribution in [3.05, 3.63) is 36.5 Å². The molecule has 3 aromatic rings. The average molecular weight is 355 g/mol. The van der Waals surface area contributed by atoms with Gasteiger partial charge in [-0.15, -0.1) is 0 Å². The van der Waals surface area contributed by atoms with Gasteiger partial charge in [0.2, 0.25) is 0 Å². The second kappa shape index (κ2) is 6.87. The average Bonchev–Trinajstić information content (AvgIpc) is 3.07. The second-order valence-corrected chi connectivity index (χ2v) is 6.81. The van der Waals surface area contributed by atoms with Crippen molar-refractivity contribution in [2.45, 2.75) is 31.7 Å². The van der Waals surface area contributed by atoms with Crippen LogP contribution in [0.25, 0.3) is 17.2 Å². The van der Waals surface area contributed by atoms with Crippen LogP contribution in [0.5, 0.6) is 0 Å². The summed E-state index contributed by atoms with van der Waals surface area (Å²) in [5.74, 6) is 1.33. The number of aromatic nitrogens is 4. The zero-order valence-electron chi connectivity index (χ0n) is 14.4. The number of nitrogens with one attached hydrogen (secondary N) is 1. The van der Waals surface area contributed by atoms with Gasteiger partial charge in [0, 0.05) is 12.2 Å². The van der Waals surface area contributed by atoms with Crippen LogP contribution in [-0.4, -0.2) is 31.9 Å². The van der Waals surface area contributed by atoms with Gasteiger partial charge in [-0.2, -0.15) is 0 Å². The van der Waals surface area contributed by atoms with Gasteiger partial charge in [-0.1, -0.05) is 0 Å². The number of anilines is 2. The van der Waals surface area contributed by atoms with Crippen LogP contribution in [0.15, 0.2) is 30.7 Å². The molecule has 0 unspecified atom stereocenters. The largest absolute Gasteiger partial charge is 0.394 e. The number of imidazole rings is 1. The summed E-state index contributed by atoms with van der Waals surface area (Å²) in [5, 5.41) is 3.43. The van der Waals surface area contributed by atoms with E-state index in [1.165, 1.54) is 12.3 Å². The van der Waals surface area contributed by atoms with E-state index in [9.17, 15) is 4.39 Å². The molecule has 7 nitrogen and oxygen atoms in total. The SMILES string of the molecule is NCC1CCC(Nc2nc(-c3cnc4ccc(F)cn34)ncc2N)CC1.